The SMILES string of the molecule is CC/C=C\C/C=C\C/C=C\C/C=C\C/C=C\C/C=C\C/C=C\C/C=C\C/C=C\CCCCCCCCCC(=O)OCC(COC(=O)CCCCCCC/C=C\C/C=C\CCC)OC(=O)CCCCCCC/C=C\CCCCCCCCC. The molecule has 0 saturated heterocycles. The first-order valence-electron chi connectivity index (χ1n) is 33.8. The van der Waals surface area contributed by atoms with Gasteiger partial charge < -0.3 is 14.2 Å². The Balaban J connectivity index is 4.29. The Morgan fingerprint density at radius 2 is 0.500 bits per heavy atom. The standard InChI is InChI=1S/C76H124O6/c1-4-7-10-13-16-19-22-25-27-29-30-31-32-33-34-35-36-37-38-39-40-41-42-43-44-45-46-47-49-51-54-57-60-63-66-69-75(78)81-72-73(71-80-74(77)68-65-62-59-56-53-50-24-21-18-15-12-9-6-3)82-76(79)70-67-64-61-58-55-52-48-28-26-23-20-17-14-11-8-5-2/h7,10,12,15-16,19,21,24-25,27-28,30-31,33-34,36-37,39-40,42-43,45-46,48,73H,4-6,8-9,11,13-14,17-18,20,22-23,26,29,32,35,38,41,44,47,49-72H2,1-3H3/b10-7-,15-12-,19-16-,24-21-,27-25-,31-30-,34-33-,37-36-,40-39-,43-42-,46-45-,48-28-. The van der Waals surface area contributed by atoms with Gasteiger partial charge in [0.05, 0.1) is 0 Å². The molecule has 0 aliphatic rings. The van der Waals surface area contributed by atoms with Crippen LogP contribution in [0, 0.1) is 0 Å². The van der Waals surface area contributed by atoms with Crippen molar-refractivity contribution in [1.82, 2.24) is 0 Å². The van der Waals surface area contributed by atoms with Crippen LogP contribution >= 0.6 is 0 Å². The second-order valence-electron chi connectivity index (χ2n) is 22.0. The molecule has 0 heterocycles. The van der Waals surface area contributed by atoms with Crippen molar-refractivity contribution in [2.75, 3.05) is 13.2 Å². The van der Waals surface area contributed by atoms with Gasteiger partial charge in [-0.1, -0.05) is 282 Å². The number of unbranched alkanes of at least 4 members (excludes halogenated alkanes) is 25. The van der Waals surface area contributed by atoms with Gasteiger partial charge in [0.15, 0.2) is 6.10 Å². The van der Waals surface area contributed by atoms with E-state index in [4.69, 9.17) is 14.2 Å². The van der Waals surface area contributed by atoms with Crippen molar-refractivity contribution in [3.8, 4) is 0 Å². The van der Waals surface area contributed by atoms with Crippen LogP contribution in [-0.2, 0) is 28.6 Å². The summed E-state index contributed by atoms with van der Waals surface area (Å²) >= 11 is 0. The van der Waals surface area contributed by atoms with E-state index in [9.17, 15) is 14.4 Å². The van der Waals surface area contributed by atoms with Crippen molar-refractivity contribution < 1.29 is 28.6 Å². The molecule has 0 N–H and O–H groups in total. The van der Waals surface area contributed by atoms with E-state index in [0.29, 0.717) is 19.3 Å². The maximum atomic E-state index is 12.9. The molecule has 0 bridgehead atoms. The Bertz CT molecular complexity index is 1780. The molecule has 0 fully saturated rings. The second kappa shape index (κ2) is 68.8. The highest BCUT2D eigenvalue weighted by atomic mass is 16.6. The minimum atomic E-state index is -0.798. The first-order chi connectivity index (χ1) is 40.5. The number of esters is 3. The van der Waals surface area contributed by atoms with E-state index in [2.05, 4.69) is 167 Å². The van der Waals surface area contributed by atoms with E-state index in [1.54, 1.807) is 0 Å². The Morgan fingerprint density at radius 3 is 0.805 bits per heavy atom. The van der Waals surface area contributed by atoms with Gasteiger partial charge in [-0.15, -0.1) is 0 Å². The minimum Gasteiger partial charge on any atom is -0.462 e. The molecule has 0 aromatic heterocycles. The van der Waals surface area contributed by atoms with Crippen molar-refractivity contribution in [2.45, 2.75) is 303 Å². The molecule has 464 valence electrons. The number of allylic oxidation sites excluding steroid dienone is 24. The smallest absolute Gasteiger partial charge is 0.306 e. The predicted octanol–water partition coefficient (Wildman–Crippen LogP) is 23.5. The average Bonchev–Trinajstić information content (AvgIpc) is 3.47. The highest BCUT2D eigenvalue weighted by molar-refractivity contribution is 5.71. The fourth-order valence-electron chi connectivity index (χ4n) is 9.00. The van der Waals surface area contributed by atoms with Crippen molar-refractivity contribution in [3.63, 3.8) is 0 Å². The maximum Gasteiger partial charge on any atom is 0.306 e. The fourth-order valence-corrected chi connectivity index (χ4v) is 9.00. The van der Waals surface area contributed by atoms with Gasteiger partial charge in [-0.2, -0.15) is 0 Å². The predicted molar refractivity (Wildman–Crippen MR) is 357 cm³/mol. The summed E-state index contributed by atoms with van der Waals surface area (Å²) < 4.78 is 16.9. The largest absolute Gasteiger partial charge is 0.462 e. The van der Waals surface area contributed by atoms with E-state index >= 15 is 0 Å². The molecule has 1 unspecified atom stereocenters. The topological polar surface area (TPSA) is 78.9 Å². The number of carbonyl (C=O) groups excluding carboxylic acids is 3. The third kappa shape index (κ3) is 66.1. The molecular formula is C76H124O6. The average molecular weight is 1130 g/mol. The molecule has 0 spiro atoms. The Morgan fingerprint density at radius 1 is 0.256 bits per heavy atom. The van der Waals surface area contributed by atoms with E-state index < -0.39 is 6.10 Å². The van der Waals surface area contributed by atoms with Gasteiger partial charge in [0, 0.05) is 19.3 Å². The number of hydrogen-bond acceptors (Lipinski definition) is 6. The first kappa shape index (κ1) is 77.3. The molecule has 82 heavy (non-hydrogen) atoms. The Kier molecular flexibility index (Phi) is 64.8. The fraction of sp³-hybridized carbons (Fsp3) is 0.645. The van der Waals surface area contributed by atoms with Gasteiger partial charge in [0.25, 0.3) is 0 Å². The lowest BCUT2D eigenvalue weighted by Gasteiger charge is -2.18. The molecule has 6 heteroatoms. The van der Waals surface area contributed by atoms with Crippen molar-refractivity contribution in [1.29, 1.82) is 0 Å². The molecule has 0 saturated carbocycles. The number of ether oxygens (including phenoxy) is 3. The number of hydrogen-bond donors (Lipinski definition) is 0. The minimum absolute atomic E-state index is 0.0950. The molecule has 6 nitrogen and oxygen atoms in total. The van der Waals surface area contributed by atoms with Crippen molar-refractivity contribution in [2.24, 2.45) is 0 Å². The van der Waals surface area contributed by atoms with Crippen LogP contribution in [0.4, 0.5) is 0 Å². The summed E-state index contributed by atoms with van der Waals surface area (Å²) in [5, 5.41) is 0. The van der Waals surface area contributed by atoms with Gasteiger partial charge in [-0.25, -0.2) is 0 Å². The zero-order chi connectivity index (χ0) is 59.2. The lowest BCUT2D eigenvalue weighted by atomic mass is 10.1. The Hall–Kier alpha value is -4.71. The second-order valence-corrected chi connectivity index (χ2v) is 22.0. The van der Waals surface area contributed by atoms with Gasteiger partial charge in [-0.3, -0.25) is 14.4 Å². The molecule has 0 amide bonds. The third-order valence-electron chi connectivity index (χ3n) is 14.0. The maximum absolute atomic E-state index is 12.9. The quantitative estimate of drug-likeness (QED) is 0.0261. The van der Waals surface area contributed by atoms with Crippen LogP contribution in [0.15, 0.2) is 146 Å². The summed E-state index contributed by atoms with van der Waals surface area (Å²) in [6.07, 6.45) is 98.6. The third-order valence-corrected chi connectivity index (χ3v) is 14.0. The van der Waals surface area contributed by atoms with Crippen LogP contribution in [0.2, 0.25) is 0 Å². The molecule has 0 rings (SSSR count). The molecule has 0 aliphatic heterocycles. The van der Waals surface area contributed by atoms with Gasteiger partial charge >= 0.3 is 17.9 Å². The van der Waals surface area contributed by atoms with E-state index in [0.717, 1.165) is 167 Å². The summed E-state index contributed by atoms with van der Waals surface area (Å²) in [5.74, 6) is -0.925. The van der Waals surface area contributed by atoms with Crippen LogP contribution in [0.1, 0.15) is 297 Å². The lowest BCUT2D eigenvalue weighted by Crippen LogP contribution is -2.30. The molecule has 0 radical (unpaired) electrons. The van der Waals surface area contributed by atoms with Crippen LogP contribution in [0.3, 0.4) is 0 Å². The van der Waals surface area contributed by atoms with Crippen LogP contribution in [0.25, 0.3) is 0 Å². The number of rotatable bonds is 60. The van der Waals surface area contributed by atoms with Crippen molar-refractivity contribution in [3.05, 3.63) is 146 Å². The molecule has 0 aliphatic carbocycles. The summed E-state index contributed by atoms with van der Waals surface area (Å²) in [6.45, 7) is 6.44. The van der Waals surface area contributed by atoms with Gasteiger partial charge in [0.2, 0.25) is 0 Å². The van der Waals surface area contributed by atoms with E-state index in [1.807, 2.05) is 0 Å². The molecule has 0 aromatic rings. The summed E-state index contributed by atoms with van der Waals surface area (Å²) in [7, 11) is 0. The molecular weight excluding hydrogens is 1010 g/mol. The summed E-state index contributed by atoms with van der Waals surface area (Å²) in [4.78, 5) is 38.3. The van der Waals surface area contributed by atoms with Gasteiger partial charge in [-0.05, 0) is 141 Å². The zero-order valence-corrected chi connectivity index (χ0v) is 53.2. The van der Waals surface area contributed by atoms with Crippen molar-refractivity contribution >= 4 is 17.9 Å². The highest BCUT2D eigenvalue weighted by Crippen LogP contribution is 2.15. The number of carbonyl (C=O) groups is 3. The summed E-state index contributed by atoms with van der Waals surface area (Å²) in [5.41, 5.74) is 0. The lowest BCUT2D eigenvalue weighted by molar-refractivity contribution is -0.167. The van der Waals surface area contributed by atoms with Crippen LogP contribution in [0.5, 0.6) is 0 Å². The monoisotopic (exact) mass is 1130 g/mol. The first-order valence-corrected chi connectivity index (χ1v) is 33.8. The summed E-state index contributed by atoms with van der Waals surface area (Å²) in [6, 6.07) is 0. The molecule has 1 atom stereocenters. The molecule has 0 aromatic carbocycles. The van der Waals surface area contributed by atoms with Gasteiger partial charge in [0.1, 0.15) is 13.2 Å². The van der Waals surface area contributed by atoms with Crippen LogP contribution < -0.4 is 0 Å². The van der Waals surface area contributed by atoms with Crippen LogP contribution in [-0.4, -0.2) is 37.2 Å². The highest BCUT2D eigenvalue weighted by Gasteiger charge is 2.19. The van der Waals surface area contributed by atoms with E-state index in [1.165, 1.54) is 89.9 Å². The Labute approximate surface area is 506 Å². The van der Waals surface area contributed by atoms with E-state index in [-0.39, 0.29) is 31.1 Å². The zero-order valence-electron chi connectivity index (χ0n) is 53.2. The normalized spacial score (nSPS) is 13.1.